The lowest BCUT2D eigenvalue weighted by atomic mass is 10.1. The van der Waals surface area contributed by atoms with Crippen LogP contribution in [0.4, 0.5) is 0 Å². The first kappa shape index (κ1) is 6.93. The van der Waals surface area contributed by atoms with Crippen molar-refractivity contribution in [3.63, 3.8) is 0 Å². The molecule has 0 spiro atoms. The molecule has 0 saturated carbocycles. The maximum absolute atomic E-state index is 8.63. The molecule has 2 rings (SSSR count). The van der Waals surface area contributed by atoms with Crippen LogP contribution in [0.25, 0.3) is 0 Å². The number of nitriles is 1. The highest BCUT2D eigenvalue weighted by atomic mass is 16.5. The predicted molar refractivity (Wildman–Crippen MR) is 44.6 cm³/mol. The van der Waals surface area contributed by atoms with Crippen LogP contribution in [-0.4, -0.2) is 0 Å². The van der Waals surface area contributed by atoms with Crippen molar-refractivity contribution in [1.29, 1.82) is 5.26 Å². The highest BCUT2D eigenvalue weighted by molar-refractivity contribution is 5.44. The van der Waals surface area contributed by atoms with Crippen molar-refractivity contribution in [3.8, 4) is 11.8 Å². The second-order valence-electron chi connectivity index (χ2n) is 2.63. The van der Waals surface area contributed by atoms with Gasteiger partial charge < -0.3 is 4.74 Å². The summed E-state index contributed by atoms with van der Waals surface area (Å²) in [5.41, 5.74) is 1.77. The van der Waals surface area contributed by atoms with E-state index in [0.717, 1.165) is 17.7 Å². The summed E-state index contributed by atoms with van der Waals surface area (Å²) in [6, 6.07) is 7.55. The molecule has 0 saturated heterocycles. The van der Waals surface area contributed by atoms with Crippen LogP contribution < -0.4 is 4.74 Å². The van der Waals surface area contributed by atoms with Gasteiger partial charge in [-0.1, -0.05) is 0 Å². The van der Waals surface area contributed by atoms with Gasteiger partial charge in [0.1, 0.15) is 5.75 Å². The minimum atomic E-state index is 0.688. The van der Waals surface area contributed by atoms with Gasteiger partial charge in [-0.25, -0.2) is 0 Å². The van der Waals surface area contributed by atoms with Gasteiger partial charge >= 0.3 is 0 Å². The number of allylic oxidation sites excluding steroid dienone is 1. The number of hydrogen-bond acceptors (Lipinski definition) is 2. The molecular weight excluding hydrogens is 150 g/mol. The van der Waals surface area contributed by atoms with Gasteiger partial charge in [0, 0.05) is 0 Å². The maximum Gasteiger partial charge on any atom is 0.130 e. The third-order valence-corrected chi connectivity index (χ3v) is 1.82. The molecule has 0 aromatic heterocycles. The summed E-state index contributed by atoms with van der Waals surface area (Å²) in [4.78, 5) is 0. The Bertz CT molecular complexity index is 374. The Morgan fingerprint density at radius 3 is 3.17 bits per heavy atom. The number of rotatable bonds is 0. The first-order valence-electron chi connectivity index (χ1n) is 3.75. The zero-order valence-electron chi connectivity index (χ0n) is 6.45. The lowest BCUT2D eigenvalue weighted by molar-refractivity contribution is 0.464. The van der Waals surface area contributed by atoms with Crippen molar-refractivity contribution >= 4 is 0 Å². The van der Waals surface area contributed by atoms with Gasteiger partial charge in [-0.15, -0.1) is 0 Å². The smallest absolute Gasteiger partial charge is 0.130 e. The molecule has 2 nitrogen and oxygen atoms in total. The Balaban J connectivity index is 2.48. The second-order valence-corrected chi connectivity index (χ2v) is 2.63. The van der Waals surface area contributed by atoms with Gasteiger partial charge in [0.2, 0.25) is 0 Å². The second kappa shape index (κ2) is 2.71. The van der Waals surface area contributed by atoms with E-state index < -0.39 is 0 Å². The fourth-order valence-corrected chi connectivity index (χ4v) is 1.22. The minimum Gasteiger partial charge on any atom is -0.465 e. The number of benzene rings is 1. The highest BCUT2D eigenvalue weighted by Gasteiger charge is 2.05. The molecule has 0 unspecified atom stereocenters. The van der Waals surface area contributed by atoms with Crippen LogP contribution in [0.15, 0.2) is 30.5 Å². The molecule has 0 N–H and O–H groups in total. The Hall–Kier alpha value is -1.75. The molecule has 1 heterocycles. The van der Waals surface area contributed by atoms with Crippen molar-refractivity contribution in [1.82, 2.24) is 0 Å². The van der Waals surface area contributed by atoms with Crippen molar-refractivity contribution in [2.75, 3.05) is 0 Å². The number of ether oxygens (including phenoxy) is 1. The summed E-state index contributed by atoms with van der Waals surface area (Å²) in [6.45, 7) is 0. The van der Waals surface area contributed by atoms with E-state index in [1.54, 1.807) is 12.3 Å². The van der Waals surface area contributed by atoms with Gasteiger partial charge in [-0.2, -0.15) is 5.26 Å². The van der Waals surface area contributed by atoms with E-state index in [4.69, 9.17) is 10.00 Å². The van der Waals surface area contributed by atoms with E-state index in [1.165, 1.54) is 0 Å². The fourth-order valence-electron chi connectivity index (χ4n) is 1.22. The lowest BCUT2D eigenvalue weighted by Crippen LogP contribution is -1.96. The van der Waals surface area contributed by atoms with Crippen molar-refractivity contribution in [2.45, 2.75) is 6.42 Å². The third kappa shape index (κ3) is 1.06. The molecule has 0 fully saturated rings. The molecule has 58 valence electrons. The average molecular weight is 157 g/mol. The zero-order valence-corrected chi connectivity index (χ0v) is 6.45. The summed E-state index contributed by atoms with van der Waals surface area (Å²) in [7, 11) is 0. The topological polar surface area (TPSA) is 33.0 Å². The van der Waals surface area contributed by atoms with Gasteiger partial charge in [-0.05, 0) is 36.3 Å². The van der Waals surface area contributed by atoms with Crippen molar-refractivity contribution < 1.29 is 4.74 Å². The summed E-state index contributed by atoms with van der Waals surface area (Å²) in [5, 5.41) is 8.63. The maximum atomic E-state index is 8.63. The SMILES string of the molecule is N#Cc1ccc2c(c1)CC=CO2. The van der Waals surface area contributed by atoms with Gasteiger partial charge in [0.05, 0.1) is 17.9 Å². The number of nitrogens with zero attached hydrogens (tertiary/aromatic N) is 1. The van der Waals surface area contributed by atoms with E-state index in [0.29, 0.717) is 5.56 Å². The molecule has 0 amide bonds. The summed E-state index contributed by atoms with van der Waals surface area (Å²) in [6.07, 6.45) is 4.46. The Morgan fingerprint density at radius 2 is 2.33 bits per heavy atom. The van der Waals surface area contributed by atoms with E-state index in [1.807, 2.05) is 18.2 Å². The Labute approximate surface area is 70.7 Å². The lowest BCUT2D eigenvalue weighted by Gasteiger charge is -2.10. The Kier molecular flexibility index (Phi) is 1.56. The molecule has 0 atom stereocenters. The standard InChI is InChI=1S/C10H7NO/c11-7-8-3-4-10-9(6-8)2-1-5-12-10/h1,3-6H,2H2. The predicted octanol–water partition coefficient (Wildman–Crippen LogP) is 2.01. The zero-order chi connectivity index (χ0) is 8.39. The van der Waals surface area contributed by atoms with Crippen LogP contribution in [0, 0.1) is 11.3 Å². The number of hydrogen-bond donors (Lipinski definition) is 0. The van der Waals surface area contributed by atoms with Gasteiger partial charge in [0.15, 0.2) is 0 Å². The summed E-state index contributed by atoms with van der Waals surface area (Å²) in [5.74, 6) is 0.858. The van der Waals surface area contributed by atoms with Crippen molar-refractivity contribution in [3.05, 3.63) is 41.7 Å². The van der Waals surface area contributed by atoms with E-state index in [9.17, 15) is 0 Å². The van der Waals surface area contributed by atoms with Gasteiger partial charge in [0.25, 0.3) is 0 Å². The average Bonchev–Trinajstić information content (AvgIpc) is 2.17. The number of fused-ring (bicyclic) bond motifs is 1. The monoisotopic (exact) mass is 157 g/mol. The third-order valence-electron chi connectivity index (χ3n) is 1.82. The van der Waals surface area contributed by atoms with Gasteiger partial charge in [-0.3, -0.25) is 0 Å². The molecule has 2 heteroatoms. The molecule has 0 aliphatic carbocycles. The van der Waals surface area contributed by atoms with Crippen LogP contribution in [-0.2, 0) is 6.42 Å². The van der Waals surface area contributed by atoms with Crippen LogP contribution in [0.3, 0.4) is 0 Å². The molecule has 1 aromatic rings. The quantitative estimate of drug-likeness (QED) is 0.577. The molecule has 1 aliphatic heterocycles. The van der Waals surface area contributed by atoms with Crippen LogP contribution in [0.2, 0.25) is 0 Å². The van der Waals surface area contributed by atoms with Crippen LogP contribution in [0.1, 0.15) is 11.1 Å². The molecule has 1 aromatic carbocycles. The fraction of sp³-hybridized carbons (Fsp3) is 0.100. The highest BCUT2D eigenvalue weighted by Crippen LogP contribution is 2.23. The van der Waals surface area contributed by atoms with Crippen LogP contribution in [0.5, 0.6) is 5.75 Å². The Morgan fingerprint density at radius 1 is 1.42 bits per heavy atom. The van der Waals surface area contributed by atoms with Crippen molar-refractivity contribution in [2.24, 2.45) is 0 Å². The molecule has 12 heavy (non-hydrogen) atoms. The molecule has 0 bridgehead atoms. The molecule has 0 radical (unpaired) electrons. The first-order chi connectivity index (χ1) is 5.90. The normalized spacial score (nSPS) is 12.9. The molecule has 1 aliphatic rings. The first-order valence-corrected chi connectivity index (χ1v) is 3.75. The minimum absolute atomic E-state index is 0.688. The van der Waals surface area contributed by atoms with E-state index in [-0.39, 0.29) is 0 Å². The molecular formula is C10H7NO. The van der Waals surface area contributed by atoms with Crippen LogP contribution >= 0.6 is 0 Å². The summed E-state index contributed by atoms with van der Waals surface area (Å²) < 4.78 is 5.23. The van der Waals surface area contributed by atoms with E-state index in [2.05, 4.69) is 6.07 Å². The summed E-state index contributed by atoms with van der Waals surface area (Å²) >= 11 is 0. The van der Waals surface area contributed by atoms with E-state index >= 15 is 0 Å². The largest absolute Gasteiger partial charge is 0.465 e.